The van der Waals surface area contributed by atoms with E-state index >= 15 is 0 Å². The van der Waals surface area contributed by atoms with Gasteiger partial charge in [-0.15, -0.1) is 0 Å². The first-order chi connectivity index (χ1) is 6.79. The Labute approximate surface area is 84.6 Å². The van der Waals surface area contributed by atoms with Crippen molar-refractivity contribution in [3.8, 4) is 0 Å². The summed E-state index contributed by atoms with van der Waals surface area (Å²) in [7, 11) is 0. The van der Waals surface area contributed by atoms with E-state index in [1.54, 1.807) is 6.92 Å². The van der Waals surface area contributed by atoms with Crippen LogP contribution in [0.25, 0.3) is 0 Å². The molecule has 2 nitrogen and oxygen atoms in total. The summed E-state index contributed by atoms with van der Waals surface area (Å²) in [6.07, 6.45) is 9.40. The average Bonchev–Trinajstić information content (AvgIpc) is 2.18. The van der Waals surface area contributed by atoms with Gasteiger partial charge in [0.05, 0.1) is 6.17 Å². The molecule has 0 saturated carbocycles. The van der Waals surface area contributed by atoms with E-state index in [2.05, 4.69) is 9.97 Å². The molecule has 0 bridgehead atoms. The maximum absolute atomic E-state index is 12.4. The predicted octanol–water partition coefficient (Wildman–Crippen LogP) is 2.94. The minimum absolute atomic E-state index is 0.657. The Kier molecular flexibility index (Phi) is 5.12. The summed E-state index contributed by atoms with van der Waals surface area (Å²) >= 11 is 0. The summed E-state index contributed by atoms with van der Waals surface area (Å²) in [6, 6.07) is 0. The van der Waals surface area contributed by atoms with Gasteiger partial charge >= 0.3 is 0 Å². The van der Waals surface area contributed by atoms with Gasteiger partial charge in [0.15, 0.2) is 0 Å². The molecule has 0 fully saturated rings. The zero-order chi connectivity index (χ0) is 10.2. The molecule has 1 rings (SSSR count). The molecule has 78 valence electrons. The van der Waals surface area contributed by atoms with Crippen molar-refractivity contribution in [1.29, 1.82) is 0 Å². The second-order valence-corrected chi connectivity index (χ2v) is 3.63. The van der Waals surface area contributed by atoms with Crippen molar-refractivity contribution < 1.29 is 4.39 Å². The number of hydrogen-bond acceptors (Lipinski definition) is 2. The molecule has 0 N–H and O–H groups in total. The van der Waals surface area contributed by atoms with Crippen LogP contribution in [0.3, 0.4) is 0 Å². The van der Waals surface area contributed by atoms with E-state index in [1.807, 2.05) is 12.4 Å². The zero-order valence-electron chi connectivity index (χ0n) is 8.62. The van der Waals surface area contributed by atoms with Crippen molar-refractivity contribution in [2.45, 2.75) is 45.2 Å². The van der Waals surface area contributed by atoms with Crippen LogP contribution in [0.5, 0.6) is 0 Å². The van der Waals surface area contributed by atoms with E-state index in [0.717, 1.165) is 25.7 Å². The monoisotopic (exact) mass is 196 g/mol. The van der Waals surface area contributed by atoms with Crippen molar-refractivity contribution in [1.82, 2.24) is 9.97 Å². The van der Waals surface area contributed by atoms with Gasteiger partial charge in [-0.1, -0.05) is 12.8 Å². The third-order valence-electron chi connectivity index (χ3n) is 2.18. The van der Waals surface area contributed by atoms with Crippen LogP contribution in [0, 0.1) is 0 Å². The first-order valence-corrected chi connectivity index (χ1v) is 5.17. The lowest BCUT2D eigenvalue weighted by molar-refractivity contribution is 0.330. The quantitative estimate of drug-likeness (QED) is 0.654. The van der Waals surface area contributed by atoms with Crippen molar-refractivity contribution in [3.05, 3.63) is 24.3 Å². The highest BCUT2D eigenvalue weighted by Crippen LogP contribution is 2.08. The number of aryl methyl sites for hydroxylation is 1. The van der Waals surface area contributed by atoms with Gasteiger partial charge in [-0.3, -0.25) is 0 Å². The summed E-state index contributed by atoms with van der Waals surface area (Å²) in [5, 5.41) is 0. The first-order valence-electron chi connectivity index (χ1n) is 5.17. The lowest BCUT2D eigenvalue weighted by atomic mass is 10.1. The molecule has 0 aliphatic rings. The molecule has 0 aromatic carbocycles. The highest BCUT2D eigenvalue weighted by molar-refractivity contribution is 5.01. The lowest BCUT2D eigenvalue weighted by Gasteiger charge is -2.01. The molecule has 0 saturated heterocycles. The molecule has 3 heteroatoms. The number of nitrogens with zero attached hydrogens (tertiary/aromatic N) is 2. The topological polar surface area (TPSA) is 25.8 Å². The van der Waals surface area contributed by atoms with Gasteiger partial charge in [0.2, 0.25) is 0 Å². The van der Waals surface area contributed by atoms with Crippen LogP contribution < -0.4 is 0 Å². The number of rotatable bonds is 6. The summed E-state index contributed by atoms with van der Waals surface area (Å²) in [6.45, 7) is 1.62. The maximum atomic E-state index is 12.4. The van der Waals surface area contributed by atoms with Crippen molar-refractivity contribution >= 4 is 0 Å². The zero-order valence-corrected chi connectivity index (χ0v) is 8.62. The van der Waals surface area contributed by atoms with Crippen molar-refractivity contribution in [2.24, 2.45) is 0 Å². The summed E-state index contributed by atoms with van der Waals surface area (Å²) < 4.78 is 12.4. The molecule has 0 aliphatic carbocycles. The van der Waals surface area contributed by atoms with E-state index in [1.165, 1.54) is 11.9 Å². The summed E-state index contributed by atoms with van der Waals surface area (Å²) in [5.41, 5.74) is 1.17. The third kappa shape index (κ3) is 4.90. The Morgan fingerprint density at radius 1 is 1.21 bits per heavy atom. The van der Waals surface area contributed by atoms with Crippen LogP contribution in [-0.2, 0) is 6.42 Å². The Morgan fingerprint density at radius 3 is 2.57 bits per heavy atom. The molecule has 0 radical (unpaired) electrons. The fourth-order valence-corrected chi connectivity index (χ4v) is 1.39. The van der Waals surface area contributed by atoms with Crippen LogP contribution in [0.15, 0.2) is 18.7 Å². The fourth-order valence-electron chi connectivity index (χ4n) is 1.39. The Balaban J connectivity index is 2.05. The minimum Gasteiger partial charge on any atom is -0.248 e. The Bertz CT molecular complexity index is 236. The largest absolute Gasteiger partial charge is 0.248 e. The normalized spacial score (nSPS) is 12.7. The van der Waals surface area contributed by atoms with Gasteiger partial charge in [0.1, 0.15) is 6.33 Å². The van der Waals surface area contributed by atoms with Crippen LogP contribution in [0.1, 0.15) is 38.2 Å². The minimum atomic E-state index is -0.657. The standard InChI is InChI=1S/C11H17FN2/c1-10(12)5-3-2-4-6-11-7-13-9-14-8-11/h7-10H,2-6H2,1H3. The van der Waals surface area contributed by atoms with Gasteiger partial charge in [0.25, 0.3) is 0 Å². The Hall–Kier alpha value is -0.990. The molecule has 0 spiro atoms. The van der Waals surface area contributed by atoms with E-state index in [-0.39, 0.29) is 0 Å². The van der Waals surface area contributed by atoms with Crippen LogP contribution in [-0.4, -0.2) is 16.1 Å². The SMILES string of the molecule is CC(F)CCCCCc1cncnc1. The van der Waals surface area contributed by atoms with E-state index in [0.29, 0.717) is 6.42 Å². The molecule has 1 unspecified atom stereocenters. The number of halogens is 1. The number of alkyl halides is 1. The van der Waals surface area contributed by atoms with Crippen molar-refractivity contribution in [2.75, 3.05) is 0 Å². The van der Waals surface area contributed by atoms with Crippen LogP contribution in [0.4, 0.5) is 4.39 Å². The molecule has 0 amide bonds. The second-order valence-electron chi connectivity index (χ2n) is 3.63. The molecule has 1 aromatic rings. The molecule has 1 heterocycles. The van der Waals surface area contributed by atoms with E-state index in [4.69, 9.17) is 0 Å². The maximum Gasteiger partial charge on any atom is 0.115 e. The van der Waals surface area contributed by atoms with Crippen LogP contribution in [0.2, 0.25) is 0 Å². The molecule has 1 atom stereocenters. The molecule has 14 heavy (non-hydrogen) atoms. The van der Waals surface area contributed by atoms with E-state index in [9.17, 15) is 4.39 Å². The van der Waals surface area contributed by atoms with E-state index < -0.39 is 6.17 Å². The number of unbranched alkanes of at least 4 members (excludes halogenated alkanes) is 2. The predicted molar refractivity (Wildman–Crippen MR) is 54.8 cm³/mol. The molecular formula is C11H17FN2. The lowest BCUT2D eigenvalue weighted by Crippen LogP contribution is -1.93. The molecular weight excluding hydrogens is 179 g/mol. The number of aromatic nitrogens is 2. The average molecular weight is 196 g/mol. The van der Waals surface area contributed by atoms with Crippen molar-refractivity contribution in [3.63, 3.8) is 0 Å². The first kappa shape index (κ1) is 11.1. The van der Waals surface area contributed by atoms with Gasteiger partial charge < -0.3 is 0 Å². The molecule has 0 aliphatic heterocycles. The summed E-state index contributed by atoms with van der Waals surface area (Å²) in [5.74, 6) is 0. The van der Waals surface area contributed by atoms with Gasteiger partial charge in [0, 0.05) is 12.4 Å². The second kappa shape index (κ2) is 6.46. The fraction of sp³-hybridized carbons (Fsp3) is 0.636. The van der Waals surface area contributed by atoms with Crippen LogP contribution >= 0.6 is 0 Å². The van der Waals surface area contributed by atoms with Gasteiger partial charge in [-0.05, 0) is 31.7 Å². The summed E-state index contributed by atoms with van der Waals surface area (Å²) in [4.78, 5) is 7.88. The van der Waals surface area contributed by atoms with Gasteiger partial charge in [-0.2, -0.15) is 0 Å². The highest BCUT2D eigenvalue weighted by Gasteiger charge is 1.98. The number of hydrogen-bond donors (Lipinski definition) is 0. The highest BCUT2D eigenvalue weighted by atomic mass is 19.1. The Morgan fingerprint density at radius 2 is 1.93 bits per heavy atom. The molecule has 1 aromatic heterocycles. The third-order valence-corrected chi connectivity index (χ3v) is 2.18. The smallest absolute Gasteiger partial charge is 0.115 e. The van der Waals surface area contributed by atoms with Gasteiger partial charge in [-0.25, -0.2) is 14.4 Å².